The summed E-state index contributed by atoms with van der Waals surface area (Å²) in [6.07, 6.45) is 1.06. The number of fused-ring (bicyclic) bond motifs is 1. The van der Waals surface area contributed by atoms with E-state index in [-0.39, 0.29) is 17.8 Å². The Balaban J connectivity index is 1.83. The number of aromatic carboxylic acids is 1. The van der Waals surface area contributed by atoms with Crippen molar-refractivity contribution in [1.82, 2.24) is 9.13 Å². The first kappa shape index (κ1) is 21.7. The summed E-state index contributed by atoms with van der Waals surface area (Å²) in [4.78, 5) is 24.7. The molecule has 32 heavy (non-hydrogen) atoms. The fraction of sp³-hybridized carbons (Fsp3) is 0.0909. The minimum absolute atomic E-state index is 0.135. The van der Waals surface area contributed by atoms with Gasteiger partial charge in [-0.1, -0.05) is 23.7 Å². The van der Waals surface area contributed by atoms with Gasteiger partial charge in [-0.2, -0.15) is 0 Å². The third kappa shape index (κ3) is 4.39. The molecule has 1 aromatic heterocycles. The van der Waals surface area contributed by atoms with Gasteiger partial charge in [0.05, 0.1) is 35.1 Å². The van der Waals surface area contributed by atoms with Crippen LogP contribution in [0.25, 0.3) is 16.7 Å². The SMILES string of the molecule is CS(=O)(=O)Nc1ccc(-n2c(=O)n(Cc3cccc(C(=O)O)c3)c3ccc(Cl)cc32)cc1. The third-order valence-corrected chi connectivity index (χ3v) is 5.68. The topological polar surface area (TPSA) is 110 Å². The van der Waals surface area contributed by atoms with E-state index < -0.39 is 16.0 Å². The number of carbonyl (C=O) groups is 1. The molecule has 0 radical (unpaired) electrons. The van der Waals surface area contributed by atoms with Crippen LogP contribution in [0.5, 0.6) is 0 Å². The first-order chi connectivity index (χ1) is 15.1. The second-order valence-electron chi connectivity index (χ2n) is 7.26. The zero-order chi connectivity index (χ0) is 23.0. The molecule has 10 heteroatoms. The van der Waals surface area contributed by atoms with E-state index in [2.05, 4.69) is 4.72 Å². The van der Waals surface area contributed by atoms with Crippen molar-refractivity contribution >= 4 is 44.3 Å². The minimum atomic E-state index is -3.43. The highest BCUT2D eigenvalue weighted by molar-refractivity contribution is 7.92. The first-order valence-electron chi connectivity index (χ1n) is 9.44. The summed E-state index contributed by atoms with van der Waals surface area (Å²) in [6, 6.07) is 17.9. The highest BCUT2D eigenvalue weighted by atomic mass is 35.5. The predicted octanol–water partition coefficient (Wildman–Crippen LogP) is 3.56. The number of imidazole rings is 1. The first-order valence-corrected chi connectivity index (χ1v) is 11.7. The number of carboxylic acids is 1. The number of aromatic nitrogens is 2. The molecule has 164 valence electrons. The summed E-state index contributed by atoms with van der Waals surface area (Å²) in [7, 11) is -3.43. The molecule has 0 spiro atoms. The monoisotopic (exact) mass is 471 g/mol. The summed E-state index contributed by atoms with van der Waals surface area (Å²) in [5.74, 6) is -1.05. The molecule has 8 nitrogen and oxygen atoms in total. The molecule has 3 aromatic carbocycles. The second-order valence-corrected chi connectivity index (χ2v) is 9.45. The van der Waals surface area contributed by atoms with Gasteiger partial charge in [-0.3, -0.25) is 13.9 Å². The van der Waals surface area contributed by atoms with Crippen molar-refractivity contribution in [2.45, 2.75) is 6.54 Å². The Labute approximate surface area is 188 Å². The zero-order valence-electron chi connectivity index (χ0n) is 16.8. The molecule has 0 fully saturated rings. The van der Waals surface area contributed by atoms with Gasteiger partial charge >= 0.3 is 11.7 Å². The smallest absolute Gasteiger partial charge is 0.335 e. The van der Waals surface area contributed by atoms with Gasteiger partial charge in [0, 0.05) is 10.7 Å². The van der Waals surface area contributed by atoms with E-state index in [9.17, 15) is 23.1 Å². The van der Waals surface area contributed by atoms with E-state index in [4.69, 9.17) is 11.6 Å². The van der Waals surface area contributed by atoms with Crippen molar-refractivity contribution < 1.29 is 18.3 Å². The van der Waals surface area contributed by atoms with Gasteiger partial charge in [0.15, 0.2) is 0 Å². The van der Waals surface area contributed by atoms with Crippen LogP contribution in [-0.4, -0.2) is 34.9 Å². The maximum absolute atomic E-state index is 13.4. The van der Waals surface area contributed by atoms with Crippen LogP contribution in [-0.2, 0) is 16.6 Å². The fourth-order valence-corrected chi connectivity index (χ4v) is 4.24. The summed E-state index contributed by atoms with van der Waals surface area (Å²) in [5.41, 5.74) is 2.55. The lowest BCUT2D eigenvalue weighted by Crippen LogP contribution is -2.23. The Bertz CT molecular complexity index is 1510. The lowest BCUT2D eigenvalue weighted by Gasteiger charge is -2.07. The lowest BCUT2D eigenvalue weighted by atomic mass is 10.1. The summed E-state index contributed by atoms with van der Waals surface area (Å²) in [6.45, 7) is 0.165. The molecule has 2 N–H and O–H groups in total. The summed E-state index contributed by atoms with van der Waals surface area (Å²) in [5, 5.41) is 9.70. The molecule has 4 rings (SSSR count). The Kier molecular flexibility index (Phi) is 5.53. The number of benzene rings is 3. The molecule has 0 aliphatic heterocycles. The molecule has 0 saturated heterocycles. The van der Waals surface area contributed by atoms with E-state index in [0.29, 0.717) is 33.0 Å². The molecule has 0 aliphatic carbocycles. The Morgan fingerprint density at radius 1 is 1.03 bits per heavy atom. The van der Waals surface area contributed by atoms with Crippen molar-refractivity contribution in [2.24, 2.45) is 0 Å². The highest BCUT2D eigenvalue weighted by Gasteiger charge is 2.16. The number of sulfonamides is 1. The molecule has 0 aliphatic rings. The summed E-state index contributed by atoms with van der Waals surface area (Å²) < 4.78 is 28.3. The largest absolute Gasteiger partial charge is 0.478 e. The second kappa shape index (κ2) is 8.18. The van der Waals surface area contributed by atoms with Crippen LogP contribution < -0.4 is 10.4 Å². The van der Waals surface area contributed by atoms with Gasteiger partial charge in [0.1, 0.15) is 0 Å². The van der Waals surface area contributed by atoms with Crippen LogP contribution in [0.4, 0.5) is 5.69 Å². The van der Waals surface area contributed by atoms with E-state index in [1.54, 1.807) is 54.6 Å². The normalized spacial score (nSPS) is 11.6. The number of halogens is 1. The average Bonchev–Trinajstić information content (AvgIpc) is 2.98. The van der Waals surface area contributed by atoms with Crippen LogP contribution >= 0.6 is 11.6 Å². The van der Waals surface area contributed by atoms with E-state index in [1.165, 1.54) is 21.3 Å². The van der Waals surface area contributed by atoms with Gasteiger partial charge in [-0.05, 0) is 60.2 Å². The summed E-state index contributed by atoms with van der Waals surface area (Å²) >= 11 is 6.19. The minimum Gasteiger partial charge on any atom is -0.478 e. The molecule has 0 unspecified atom stereocenters. The molecule has 1 heterocycles. The molecule has 0 bridgehead atoms. The molecular formula is C22H18ClN3O5S. The van der Waals surface area contributed by atoms with Crippen LogP contribution in [0.3, 0.4) is 0 Å². The number of hydrogen-bond donors (Lipinski definition) is 2. The van der Waals surface area contributed by atoms with Crippen LogP contribution in [0.1, 0.15) is 15.9 Å². The lowest BCUT2D eigenvalue weighted by molar-refractivity contribution is 0.0696. The zero-order valence-corrected chi connectivity index (χ0v) is 18.4. The molecule has 0 atom stereocenters. The maximum Gasteiger partial charge on any atom is 0.335 e. The third-order valence-electron chi connectivity index (χ3n) is 4.83. The molecule has 4 aromatic rings. The van der Waals surface area contributed by atoms with Crippen LogP contribution in [0.15, 0.2) is 71.5 Å². The van der Waals surface area contributed by atoms with Gasteiger partial charge in [0.25, 0.3) is 0 Å². The van der Waals surface area contributed by atoms with Gasteiger partial charge in [-0.25, -0.2) is 18.0 Å². The number of nitrogens with one attached hydrogen (secondary N) is 1. The van der Waals surface area contributed by atoms with Crippen molar-refractivity contribution in [3.8, 4) is 5.69 Å². The van der Waals surface area contributed by atoms with Crippen LogP contribution in [0.2, 0.25) is 5.02 Å². The quantitative estimate of drug-likeness (QED) is 0.446. The van der Waals surface area contributed by atoms with Gasteiger partial charge < -0.3 is 5.11 Å². The van der Waals surface area contributed by atoms with Crippen LogP contribution in [0, 0.1) is 0 Å². The Hall–Kier alpha value is -3.56. The van der Waals surface area contributed by atoms with E-state index in [1.807, 2.05) is 0 Å². The number of hydrogen-bond acceptors (Lipinski definition) is 4. The fourth-order valence-electron chi connectivity index (χ4n) is 3.51. The van der Waals surface area contributed by atoms with Gasteiger partial charge in [0.2, 0.25) is 10.0 Å². The van der Waals surface area contributed by atoms with E-state index in [0.717, 1.165) is 6.26 Å². The Morgan fingerprint density at radius 2 is 1.75 bits per heavy atom. The van der Waals surface area contributed by atoms with Crippen molar-refractivity contribution in [3.05, 3.63) is 93.4 Å². The van der Waals surface area contributed by atoms with Crippen molar-refractivity contribution in [3.63, 3.8) is 0 Å². The number of anilines is 1. The Morgan fingerprint density at radius 3 is 2.41 bits per heavy atom. The number of rotatable bonds is 6. The van der Waals surface area contributed by atoms with Crippen molar-refractivity contribution in [1.29, 1.82) is 0 Å². The molecule has 0 amide bonds. The standard InChI is InChI=1S/C22H18ClN3O5S/c1-32(30,31)24-17-6-8-18(9-7-17)26-20-12-16(23)5-10-19(20)25(22(26)29)13-14-3-2-4-15(11-14)21(27)28/h2-12,24H,13H2,1H3,(H,27,28). The van der Waals surface area contributed by atoms with E-state index >= 15 is 0 Å². The van der Waals surface area contributed by atoms with Gasteiger partial charge in [-0.15, -0.1) is 0 Å². The number of carboxylic acid groups (broad SMARTS) is 1. The molecular weight excluding hydrogens is 454 g/mol. The highest BCUT2D eigenvalue weighted by Crippen LogP contribution is 2.23. The molecule has 0 saturated carbocycles. The maximum atomic E-state index is 13.4. The van der Waals surface area contributed by atoms with Crippen molar-refractivity contribution in [2.75, 3.05) is 11.0 Å². The number of nitrogens with zero attached hydrogens (tertiary/aromatic N) is 2. The average molecular weight is 472 g/mol. The predicted molar refractivity (Wildman–Crippen MR) is 124 cm³/mol.